The van der Waals surface area contributed by atoms with Crippen molar-refractivity contribution in [3.63, 3.8) is 0 Å². The van der Waals surface area contributed by atoms with Crippen molar-refractivity contribution < 1.29 is 19.8 Å². The van der Waals surface area contributed by atoms with Crippen molar-refractivity contribution in [3.05, 3.63) is 23.8 Å². The molecule has 1 aromatic carbocycles. The molecule has 0 radical (unpaired) electrons. The van der Waals surface area contributed by atoms with Gasteiger partial charge in [0.15, 0.2) is 4.34 Å². The third-order valence-electron chi connectivity index (χ3n) is 2.26. The van der Waals surface area contributed by atoms with Crippen LogP contribution in [0.5, 0.6) is 5.75 Å². The van der Waals surface area contributed by atoms with Crippen LogP contribution in [-0.2, 0) is 4.79 Å². The molecule has 110 valence electrons. The van der Waals surface area contributed by atoms with Crippen molar-refractivity contribution in [2.24, 2.45) is 0 Å². The highest BCUT2D eigenvalue weighted by atomic mass is 32.2. The summed E-state index contributed by atoms with van der Waals surface area (Å²) >= 11 is 2.35. The Hall–Kier alpha value is -2.33. The Morgan fingerprint density at radius 1 is 1.38 bits per heavy atom. The van der Waals surface area contributed by atoms with Crippen LogP contribution in [0.4, 0.5) is 10.8 Å². The molecule has 1 amide bonds. The van der Waals surface area contributed by atoms with Crippen molar-refractivity contribution in [1.29, 1.82) is 0 Å². The Bertz CT molecular complexity index is 689. The SMILES string of the molecule is Nc1nnc(SCC(=O)Nc2ccc(C(=O)O)c(O)c2)s1. The summed E-state index contributed by atoms with van der Waals surface area (Å²) in [6, 6.07) is 3.79. The number of amides is 1. The highest BCUT2D eigenvalue weighted by molar-refractivity contribution is 8.01. The maximum atomic E-state index is 11.7. The molecule has 0 spiro atoms. The van der Waals surface area contributed by atoms with Crippen molar-refractivity contribution in [2.45, 2.75) is 4.34 Å². The fourth-order valence-corrected chi connectivity index (χ4v) is 2.83. The number of nitrogens with one attached hydrogen (secondary N) is 1. The Labute approximate surface area is 127 Å². The maximum Gasteiger partial charge on any atom is 0.339 e. The summed E-state index contributed by atoms with van der Waals surface area (Å²) in [6.07, 6.45) is 0. The summed E-state index contributed by atoms with van der Waals surface area (Å²) in [6.45, 7) is 0. The van der Waals surface area contributed by atoms with E-state index in [4.69, 9.17) is 10.8 Å². The Morgan fingerprint density at radius 2 is 2.14 bits per heavy atom. The van der Waals surface area contributed by atoms with Gasteiger partial charge in [-0.3, -0.25) is 4.79 Å². The number of carbonyl (C=O) groups is 2. The molecule has 0 bridgehead atoms. The van der Waals surface area contributed by atoms with Crippen molar-refractivity contribution in [1.82, 2.24) is 10.2 Å². The number of carbonyl (C=O) groups excluding carboxylic acids is 1. The van der Waals surface area contributed by atoms with Gasteiger partial charge >= 0.3 is 5.97 Å². The van der Waals surface area contributed by atoms with Gasteiger partial charge in [-0.05, 0) is 12.1 Å². The van der Waals surface area contributed by atoms with Crippen LogP contribution in [0.3, 0.4) is 0 Å². The lowest BCUT2D eigenvalue weighted by molar-refractivity contribution is -0.113. The van der Waals surface area contributed by atoms with Gasteiger partial charge in [0, 0.05) is 11.8 Å². The molecule has 1 aromatic heterocycles. The molecular formula is C11H10N4O4S2. The molecule has 5 N–H and O–H groups in total. The van der Waals surface area contributed by atoms with Gasteiger partial charge in [-0.25, -0.2) is 4.79 Å². The number of hydrogen-bond acceptors (Lipinski definition) is 8. The minimum absolute atomic E-state index is 0.0933. The van der Waals surface area contributed by atoms with Crippen LogP contribution >= 0.6 is 23.1 Å². The van der Waals surface area contributed by atoms with Crippen LogP contribution in [0.15, 0.2) is 22.5 Å². The van der Waals surface area contributed by atoms with Crippen LogP contribution in [0, 0.1) is 0 Å². The molecule has 1 heterocycles. The molecule has 2 aromatic rings. The molecule has 10 heteroatoms. The topological polar surface area (TPSA) is 138 Å². The van der Waals surface area contributed by atoms with Gasteiger partial charge in [-0.1, -0.05) is 23.1 Å². The standard InChI is InChI=1S/C11H10N4O4S2/c12-10-14-15-11(21-10)20-4-8(17)13-5-1-2-6(9(18)19)7(16)3-5/h1-3,16H,4H2,(H2,12,14)(H,13,17)(H,18,19). The predicted octanol–water partition coefficient (Wildman–Crippen LogP) is 1.25. The van der Waals surface area contributed by atoms with Crippen LogP contribution in [0.1, 0.15) is 10.4 Å². The molecule has 0 fully saturated rings. The van der Waals surface area contributed by atoms with E-state index in [1.807, 2.05) is 0 Å². The van der Waals surface area contributed by atoms with E-state index in [0.717, 1.165) is 0 Å². The summed E-state index contributed by atoms with van der Waals surface area (Å²) in [5.74, 6) is -1.88. The van der Waals surface area contributed by atoms with Gasteiger partial charge in [0.1, 0.15) is 11.3 Å². The van der Waals surface area contributed by atoms with Crippen LogP contribution in [-0.4, -0.2) is 38.0 Å². The minimum atomic E-state index is -1.24. The number of thioether (sulfide) groups is 1. The molecule has 0 aliphatic heterocycles. The van der Waals surface area contributed by atoms with Gasteiger partial charge in [-0.2, -0.15) is 0 Å². The van der Waals surface area contributed by atoms with E-state index in [9.17, 15) is 14.7 Å². The van der Waals surface area contributed by atoms with Gasteiger partial charge in [0.2, 0.25) is 11.0 Å². The number of carboxylic acids is 1. The second-order valence-electron chi connectivity index (χ2n) is 3.78. The lowest BCUT2D eigenvalue weighted by Gasteiger charge is -2.06. The first-order valence-electron chi connectivity index (χ1n) is 5.53. The molecule has 0 aliphatic rings. The number of hydrogen-bond donors (Lipinski definition) is 4. The monoisotopic (exact) mass is 326 g/mol. The average Bonchev–Trinajstić information content (AvgIpc) is 2.82. The second-order valence-corrected chi connectivity index (χ2v) is 6.01. The molecule has 0 saturated carbocycles. The maximum absolute atomic E-state index is 11.7. The van der Waals surface area contributed by atoms with E-state index < -0.39 is 11.7 Å². The number of aromatic hydroxyl groups is 1. The first-order valence-corrected chi connectivity index (χ1v) is 7.34. The number of anilines is 2. The number of benzene rings is 1. The number of aromatic carboxylic acids is 1. The fourth-order valence-electron chi connectivity index (χ4n) is 1.39. The first kappa shape index (κ1) is 15.1. The number of nitrogens with two attached hydrogens (primary N) is 1. The van der Waals surface area contributed by atoms with Crippen LogP contribution in [0.2, 0.25) is 0 Å². The zero-order chi connectivity index (χ0) is 15.4. The summed E-state index contributed by atoms with van der Waals surface area (Å²) in [5, 5.41) is 28.5. The summed E-state index contributed by atoms with van der Waals surface area (Å²) in [4.78, 5) is 22.5. The van der Waals surface area contributed by atoms with Crippen LogP contribution < -0.4 is 11.1 Å². The Balaban J connectivity index is 1.93. The van der Waals surface area contributed by atoms with Gasteiger partial charge < -0.3 is 21.3 Å². The van der Waals surface area contributed by atoms with E-state index in [1.165, 1.54) is 41.3 Å². The molecule has 8 nitrogen and oxygen atoms in total. The highest BCUT2D eigenvalue weighted by Crippen LogP contribution is 2.25. The number of carboxylic acid groups (broad SMARTS) is 1. The molecular weight excluding hydrogens is 316 g/mol. The molecule has 0 aliphatic carbocycles. The van der Waals surface area contributed by atoms with E-state index >= 15 is 0 Å². The number of rotatable bonds is 5. The van der Waals surface area contributed by atoms with Crippen LogP contribution in [0.25, 0.3) is 0 Å². The fraction of sp³-hybridized carbons (Fsp3) is 0.0909. The molecule has 2 rings (SSSR count). The quantitative estimate of drug-likeness (QED) is 0.602. The minimum Gasteiger partial charge on any atom is -0.507 e. The van der Waals surface area contributed by atoms with Gasteiger partial charge in [0.05, 0.1) is 5.75 Å². The lowest BCUT2D eigenvalue weighted by Crippen LogP contribution is -2.14. The Morgan fingerprint density at radius 3 is 2.71 bits per heavy atom. The summed E-state index contributed by atoms with van der Waals surface area (Å²) < 4.78 is 0.576. The first-order chi connectivity index (χ1) is 9.95. The lowest BCUT2D eigenvalue weighted by atomic mass is 10.2. The van der Waals surface area contributed by atoms with Gasteiger partial charge in [-0.15, -0.1) is 10.2 Å². The molecule has 21 heavy (non-hydrogen) atoms. The van der Waals surface area contributed by atoms with E-state index in [1.54, 1.807) is 0 Å². The van der Waals surface area contributed by atoms with E-state index in [0.29, 0.717) is 15.2 Å². The molecule has 0 atom stereocenters. The average molecular weight is 326 g/mol. The van der Waals surface area contributed by atoms with Crippen molar-refractivity contribution >= 4 is 45.8 Å². The third kappa shape index (κ3) is 4.07. The highest BCUT2D eigenvalue weighted by Gasteiger charge is 2.11. The normalized spacial score (nSPS) is 10.3. The predicted molar refractivity (Wildman–Crippen MR) is 78.7 cm³/mol. The summed E-state index contributed by atoms with van der Waals surface area (Å²) in [5.41, 5.74) is 5.49. The van der Waals surface area contributed by atoms with Crippen molar-refractivity contribution in [3.8, 4) is 5.75 Å². The zero-order valence-electron chi connectivity index (χ0n) is 10.4. The van der Waals surface area contributed by atoms with Gasteiger partial charge in [0.25, 0.3) is 0 Å². The number of nitrogens with zero attached hydrogens (tertiary/aromatic N) is 2. The number of phenols is 1. The van der Waals surface area contributed by atoms with E-state index in [-0.39, 0.29) is 17.2 Å². The number of aromatic nitrogens is 2. The summed E-state index contributed by atoms with van der Waals surface area (Å²) in [7, 11) is 0. The van der Waals surface area contributed by atoms with E-state index in [2.05, 4.69) is 15.5 Å². The number of nitrogen functional groups attached to an aromatic ring is 1. The molecule has 0 saturated heterocycles. The van der Waals surface area contributed by atoms with Crippen molar-refractivity contribution in [2.75, 3.05) is 16.8 Å². The second kappa shape index (κ2) is 6.41. The smallest absolute Gasteiger partial charge is 0.339 e. The molecule has 0 unspecified atom stereocenters. The third-order valence-corrected chi connectivity index (χ3v) is 4.15. The largest absolute Gasteiger partial charge is 0.507 e. The Kier molecular flexibility index (Phi) is 4.60. The zero-order valence-corrected chi connectivity index (χ0v) is 12.1.